The molecule has 4 aliphatic carbocycles. The monoisotopic (exact) mass is 974 g/mol. The van der Waals surface area contributed by atoms with Crippen LogP contribution in [-0.2, 0) is 33.4 Å². The molecule has 69 heavy (non-hydrogen) atoms. The second-order valence-electron chi connectivity index (χ2n) is 25.1. The maximum atomic E-state index is 14.3. The van der Waals surface area contributed by atoms with Gasteiger partial charge in [0.25, 0.3) is 0 Å². The number of esters is 1. The number of fused-ring (bicyclic) bond motifs is 5. The highest BCUT2D eigenvalue weighted by Gasteiger charge is 2.66. The number of aliphatic hydroxyl groups is 2. The lowest BCUT2D eigenvalue weighted by Crippen LogP contribution is -2.63. The fourth-order valence-electron chi connectivity index (χ4n) is 13.3. The maximum absolute atomic E-state index is 14.3. The molecule has 7 N–H and O–H groups in total. The van der Waals surface area contributed by atoms with Crippen molar-refractivity contribution >= 4 is 35.7 Å². The van der Waals surface area contributed by atoms with E-state index in [2.05, 4.69) is 47.4 Å². The van der Waals surface area contributed by atoms with Crippen LogP contribution in [0, 0.1) is 70.0 Å². The van der Waals surface area contributed by atoms with E-state index in [9.17, 15) is 39.0 Å². The van der Waals surface area contributed by atoms with Gasteiger partial charge in [0.2, 0.25) is 23.6 Å². The molecule has 15 atom stereocenters. The summed E-state index contributed by atoms with van der Waals surface area (Å²) in [6.45, 7) is 27.6. The third kappa shape index (κ3) is 15.0. The Labute approximate surface area is 415 Å². The second kappa shape index (κ2) is 24.3. The van der Waals surface area contributed by atoms with Crippen LogP contribution in [0.1, 0.15) is 180 Å². The average molecular weight is 974 g/mol. The van der Waals surface area contributed by atoms with E-state index in [1.54, 1.807) is 20.8 Å². The first-order valence-corrected chi connectivity index (χ1v) is 26.6. The van der Waals surface area contributed by atoms with Crippen molar-refractivity contribution in [2.24, 2.45) is 70.0 Å². The largest absolute Gasteiger partial charge is 0.469 e. The van der Waals surface area contributed by atoms with Crippen LogP contribution in [0.25, 0.3) is 0 Å². The fraction of sp³-hybridized carbons (Fsp3) is 0.889. The molecule has 0 aromatic carbocycles. The molecule has 4 aliphatic rings. The smallest absolute Gasteiger partial charge is 0.408 e. The minimum Gasteiger partial charge on any atom is -0.469 e. The molecule has 3 unspecified atom stereocenters. The maximum Gasteiger partial charge on any atom is 0.408 e. The minimum atomic E-state index is -1.00. The summed E-state index contributed by atoms with van der Waals surface area (Å²) in [6, 6.07) is -3.97. The van der Waals surface area contributed by atoms with E-state index < -0.39 is 65.8 Å². The molecular weight excluding hydrogens is 879 g/mol. The molecule has 0 bridgehead atoms. The number of ether oxygens (including phenoxy) is 2. The van der Waals surface area contributed by atoms with Crippen molar-refractivity contribution in [3.05, 3.63) is 0 Å². The summed E-state index contributed by atoms with van der Waals surface area (Å²) in [5.41, 5.74) is -1.23. The van der Waals surface area contributed by atoms with Gasteiger partial charge in [-0.2, -0.15) is 0 Å². The number of carbonyl (C=O) groups excluding carboxylic acids is 6. The summed E-state index contributed by atoms with van der Waals surface area (Å²) < 4.78 is 10.3. The van der Waals surface area contributed by atoms with Crippen LogP contribution in [0.2, 0.25) is 0 Å². The topological polar surface area (TPSA) is 221 Å². The van der Waals surface area contributed by atoms with Crippen LogP contribution in [0.3, 0.4) is 0 Å². The van der Waals surface area contributed by atoms with Gasteiger partial charge in [0, 0.05) is 12.5 Å². The van der Waals surface area contributed by atoms with Crippen LogP contribution in [0.4, 0.5) is 4.79 Å². The molecule has 0 aromatic rings. The van der Waals surface area contributed by atoms with E-state index in [4.69, 9.17) is 9.47 Å². The highest BCUT2D eigenvalue weighted by atomic mass is 16.6. The van der Waals surface area contributed by atoms with E-state index in [0.717, 1.165) is 25.7 Å². The summed E-state index contributed by atoms with van der Waals surface area (Å²) in [5, 5.41) is 38.9. The first kappa shape index (κ1) is 58.1. The number of carbonyl (C=O) groups is 6. The van der Waals surface area contributed by atoms with Gasteiger partial charge in [0.1, 0.15) is 29.8 Å². The SMILES string of the molecule is COC(=O)CC[C@@H](C)[C@H]1CCC2C3C(C[C@H](O)[C@@]21C)[C@@]1(C)CC[C@H](NC(=O)[C@H](CC(C)C)NC(=O)[C@H](CC(C)C)NC(=O)[C@H](CC(C)C)NC(=O)[C@H](CC(C)C)NC(=O)OC(C)(C)C)C[C@H]1C[C@H]3O. The van der Waals surface area contributed by atoms with E-state index in [0.29, 0.717) is 51.4 Å². The molecule has 4 fully saturated rings. The van der Waals surface area contributed by atoms with Crippen LogP contribution in [-0.4, -0.2) is 101 Å². The van der Waals surface area contributed by atoms with Gasteiger partial charge in [-0.15, -0.1) is 0 Å². The molecular formula is C54H95N5O10. The predicted octanol–water partition coefficient (Wildman–Crippen LogP) is 7.19. The van der Waals surface area contributed by atoms with Gasteiger partial charge in [-0.05, 0) is 168 Å². The van der Waals surface area contributed by atoms with Gasteiger partial charge in [-0.3, -0.25) is 24.0 Å². The number of hydrogen-bond acceptors (Lipinski definition) is 10. The van der Waals surface area contributed by atoms with Crippen molar-refractivity contribution in [1.82, 2.24) is 26.6 Å². The number of aliphatic hydroxyl groups excluding tert-OH is 2. The number of rotatable bonds is 21. The third-order valence-corrected chi connectivity index (χ3v) is 16.7. The quantitative estimate of drug-likeness (QED) is 0.0574. The molecule has 0 saturated heterocycles. The zero-order valence-corrected chi connectivity index (χ0v) is 45.2. The van der Waals surface area contributed by atoms with E-state index in [-0.39, 0.29) is 94.3 Å². The van der Waals surface area contributed by atoms with Gasteiger partial charge >= 0.3 is 12.1 Å². The van der Waals surface area contributed by atoms with Gasteiger partial charge in [0.05, 0.1) is 19.3 Å². The van der Waals surface area contributed by atoms with Crippen LogP contribution in [0.5, 0.6) is 0 Å². The first-order valence-electron chi connectivity index (χ1n) is 26.6. The zero-order valence-electron chi connectivity index (χ0n) is 45.2. The van der Waals surface area contributed by atoms with Gasteiger partial charge in [-0.1, -0.05) is 76.2 Å². The Bertz CT molecular complexity index is 1770. The first-order chi connectivity index (χ1) is 32.0. The molecule has 396 valence electrons. The number of hydrogen-bond donors (Lipinski definition) is 7. The van der Waals surface area contributed by atoms with Crippen LogP contribution in [0.15, 0.2) is 0 Å². The van der Waals surface area contributed by atoms with Gasteiger partial charge in [-0.25, -0.2) is 4.79 Å². The molecule has 0 radical (unpaired) electrons. The van der Waals surface area contributed by atoms with Crippen molar-refractivity contribution < 1.29 is 48.5 Å². The molecule has 5 amide bonds. The Morgan fingerprint density at radius 1 is 0.638 bits per heavy atom. The highest BCUT2D eigenvalue weighted by molar-refractivity contribution is 5.95. The molecule has 0 aromatic heterocycles. The van der Waals surface area contributed by atoms with Gasteiger partial charge in [0.15, 0.2) is 0 Å². The summed E-state index contributed by atoms with van der Waals surface area (Å²) in [6.07, 6.45) is 6.04. The Morgan fingerprint density at radius 2 is 1.12 bits per heavy atom. The van der Waals surface area contributed by atoms with Crippen molar-refractivity contribution in [2.75, 3.05) is 7.11 Å². The predicted molar refractivity (Wildman–Crippen MR) is 267 cm³/mol. The number of nitrogens with one attached hydrogen (secondary N) is 5. The van der Waals surface area contributed by atoms with Crippen molar-refractivity contribution in [1.29, 1.82) is 0 Å². The van der Waals surface area contributed by atoms with Crippen LogP contribution >= 0.6 is 0 Å². The van der Waals surface area contributed by atoms with E-state index in [1.165, 1.54) is 7.11 Å². The lowest BCUT2D eigenvalue weighted by molar-refractivity contribution is -0.202. The van der Waals surface area contributed by atoms with E-state index >= 15 is 0 Å². The summed E-state index contributed by atoms with van der Waals surface area (Å²) in [5.74, 6) is -0.894. The molecule has 0 spiro atoms. The van der Waals surface area contributed by atoms with Crippen molar-refractivity contribution in [2.45, 2.75) is 228 Å². The Kier molecular flexibility index (Phi) is 20.5. The standard InChI is InChI=1S/C54H95N5O10/c1-29(2)22-39(56-48(64)40(23-30(3)4)57-49(65)41(24-31(5)6)58-50(66)42(25-32(7)8)59-51(67)69-52(10,11)12)47(63)55-35-20-21-53(13)34(26-35)27-43(60)46-37-18-17-36(33(9)16-19-45(62)68-15)54(37,14)44(61)28-38(46)53/h29-44,46,60-61H,16-28H2,1-15H3,(H,55,63)(H,56,64)(H,57,65)(H,58,66)(H,59,67)/t33-,34+,35+,36-,37?,38?,39+,40+,41+,42+,43-,44+,46?,53+,54-/m1/s1. The van der Waals surface area contributed by atoms with Crippen molar-refractivity contribution in [3.63, 3.8) is 0 Å². The molecule has 15 heteroatoms. The van der Waals surface area contributed by atoms with Crippen molar-refractivity contribution in [3.8, 4) is 0 Å². The molecule has 4 rings (SSSR count). The third-order valence-electron chi connectivity index (χ3n) is 16.7. The number of amides is 5. The molecule has 4 saturated carbocycles. The lowest BCUT2D eigenvalue weighted by Gasteiger charge is -2.63. The lowest BCUT2D eigenvalue weighted by atomic mass is 9.43. The number of methoxy groups -OCH3 is 1. The molecule has 0 aliphatic heterocycles. The summed E-state index contributed by atoms with van der Waals surface area (Å²) in [7, 11) is 1.42. The second-order valence-corrected chi connectivity index (χ2v) is 25.1. The zero-order chi connectivity index (χ0) is 51.9. The average Bonchev–Trinajstić information content (AvgIpc) is 3.59. The Morgan fingerprint density at radius 3 is 1.58 bits per heavy atom. The highest BCUT2D eigenvalue weighted by Crippen LogP contribution is 2.68. The van der Waals surface area contributed by atoms with Gasteiger partial charge < -0.3 is 46.3 Å². The Balaban J connectivity index is 1.45. The van der Waals surface area contributed by atoms with Crippen LogP contribution < -0.4 is 26.6 Å². The summed E-state index contributed by atoms with van der Waals surface area (Å²) >= 11 is 0. The normalized spacial score (nSPS) is 31.0. The fourth-order valence-corrected chi connectivity index (χ4v) is 13.3. The molecule has 0 heterocycles. The Hall–Kier alpha value is -3.46. The minimum absolute atomic E-state index is 0.00116. The number of alkyl carbamates (subject to hydrolysis) is 1. The van der Waals surface area contributed by atoms with E-state index in [1.807, 2.05) is 55.4 Å². The molecule has 15 nitrogen and oxygen atoms in total. The summed E-state index contributed by atoms with van der Waals surface area (Å²) in [4.78, 5) is 81.2.